The fraction of sp³-hybridized carbons (Fsp3) is 0.409. The van der Waals surface area contributed by atoms with Crippen LogP contribution in [-0.4, -0.2) is 33.7 Å². The van der Waals surface area contributed by atoms with Gasteiger partial charge in [-0.2, -0.15) is 0 Å². The van der Waals surface area contributed by atoms with Crippen LogP contribution in [-0.2, 0) is 14.8 Å². The molecule has 0 heterocycles. The number of amides is 1. The van der Waals surface area contributed by atoms with Crippen molar-refractivity contribution in [2.75, 3.05) is 23.7 Å². The highest BCUT2D eigenvalue weighted by atomic mass is 32.2. The second kappa shape index (κ2) is 9.31. The van der Waals surface area contributed by atoms with Crippen LogP contribution >= 0.6 is 0 Å². The lowest BCUT2D eigenvalue weighted by molar-refractivity contribution is -0.123. The molecule has 2 aromatic carbocycles. The zero-order valence-electron chi connectivity index (χ0n) is 17.9. The molecule has 0 aliphatic rings. The van der Waals surface area contributed by atoms with Gasteiger partial charge >= 0.3 is 0 Å². The SMILES string of the molecule is CCN(c1ccc(OCC(=O)NC(C)c2cc(C)c(C)cc2C)cc1)S(C)(=O)=O. The second-order valence-electron chi connectivity index (χ2n) is 7.29. The van der Waals surface area contributed by atoms with Gasteiger partial charge in [0.25, 0.3) is 5.91 Å². The van der Waals surface area contributed by atoms with E-state index in [1.165, 1.54) is 21.7 Å². The van der Waals surface area contributed by atoms with Gasteiger partial charge in [-0.25, -0.2) is 8.42 Å². The van der Waals surface area contributed by atoms with E-state index in [-0.39, 0.29) is 18.6 Å². The van der Waals surface area contributed by atoms with Crippen LogP contribution in [0, 0.1) is 20.8 Å². The summed E-state index contributed by atoms with van der Waals surface area (Å²) in [6.07, 6.45) is 1.17. The van der Waals surface area contributed by atoms with Crippen LogP contribution in [0.4, 0.5) is 5.69 Å². The summed E-state index contributed by atoms with van der Waals surface area (Å²) >= 11 is 0. The number of ether oxygens (including phenoxy) is 1. The van der Waals surface area contributed by atoms with Gasteiger partial charge in [0.1, 0.15) is 5.75 Å². The zero-order valence-corrected chi connectivity index (χ0v) is 18.8. The van der Waals surface area contributed by atoms with Crippen molar-refractivity contribution in [2.45, 2.75) is 40.7 Å². The molecular weight excluding hydrogens is 388 g/mol. The molecular formula is C22H30N2O4S. The van der Waals surface area contributed by atoms with Crippen molar-refractivity contribution >= 4 is 21.6 Å². The first-order valence-corrected chi connectivity index (χ1v) is 11.5. The molecule has 2 rings (SSSR count). The molecule has 158 valence electrons. The third-order valence-corrected chi connectivity index (χ3v) is 6.18. The van der Waals surface area contributed by atoms with Gasteiger partial charge in [-0.05, 0) is 81.1 Å². The number of rotatable bonds is 8. The van der Waals surface area contributed by atoms with E-state index in [4.69, 9.17) is 4.74 Å². The summed E-state index contributed by atoms with van der Waals surface area (Å²) in [6, 6.07) is 10.8. The Balaban J connectivity index is 1.96. The minimum atomic E-state index is -3.33. The smallest absolute Gasteiger partial charge is 0.258 e. The number of anilines is 1. The lowest BCUT2D eigenvalue weighted by Crippen LogP contribution is -2.31. The average molecular weight is 419 g/mol. The molecule has 1 unspecified atom stereocenters. The van der Waals surface area contributed by atoms with Crippen molar-refractivity contribution in [3.05, 3.63) is 58.7 Å². The third-order valence-electron chi connectivity index (χ3n) is 4.91. The molecule has 0 spiro atoms. The minimum Gasteiger partial charge on any atom is -0.484 e. The number of carbonyl (C=O) groups excluding carboxylic acids is 1. The number of nitrogens with zero attached hydrogens (tertiary/aromatic N) is 1. The van der Waals surface area contributed by atoms with Crippen molar-refractivity contribution in [1.82, 2.24) is 5.32 Å². The van der Waals surface area contributed by atoms with Crippen molar-refractivity contribution in [1.29, 1.82) is 0 Å². The van der Waals surface area contributed by atoms with Crippen molar-refractivity contribution in [3.63, 3.8) is 0 Å². The van der Waals surface area contributed by atoms with E-state index < -0.39 is 10.0 Å². The summed E-state index contributed by atoms with van der Waals surface area (Å²) in [6.45, 7) is 10.1. The highest BCUT2D eigenvalue weighted by Crippen LogP contribution is 2.23. The summed E-state index contributed by atoms with van der Waals surface area (Å²) in [4.78, 5) is 12.3. The Labute approximate surface area is 173 Å². The van der Waals surface area contributed by atoms with Gasteiger partial charge in [0.05, 0.1) is 18.0 Å². The lowest BCUT2D eigenvalue weighted by atomic mass is 9.96. The van der Waals surface area contributed by atoms with Crippen LogP contribution in [0.5, 0.6) is 5.75 Å². The van der Waals surface area contributed by atoms with Gasteiger partial charge in [-0.3, -0.25) is 9.10 Å². The van der Waals surface area contributed by atoms with Crippen molar-refractivity contribution in [3.8, 4) is 5.75 Å². The van der Waals surface area contributed by atoms with E-state index in [0.29, 0.717) is 18.0 Å². The van der Waals surface area contributed by atoms with E-state index in [2.05, 4.69) is 31.3 Å². The molecule has 0 aliphatic heterocycles. The number of carbonyl (C=O) groups is 1. The number of sulfonamides is 1. The van der Waals surface area contributed by atoms with Gasteiger partial charge in [0.2, 0.25) is 10.0 Å². The maximum atomic E-state index is 12.3. The second-order valence-corrected chi connectivity index (χ2v) is 9.20. The number of benzene rings is 2. The number of hydrogen-bond donors (Lipinski definition) is 1. The summed E-state index contributed by atoms with van der Waals surface area (Å²) < 4.78 is 30.4. The van der Waals surface area contributed by atoms with Crippen LogP contribution in [0.15, 0.2) is 36.4 Å². The fourth-order valence-corrected chi connectivity index (χ4v) is 4.25. The summed E-state index contributed by atoms with van der Waals surface area (Å²) in [5.41, 5.74) is 5.22. The van der Waals surface area contributed by atoms with E-state index in [1.54, 1.807) is 31.2 Å². The summed E-state index contributed by atoms with van der Waals surface area (Å²) in [7, 11) is -3.33. The molecule has 0 radical (unpaired) electrons. The molecule has 0 saturated carbocycles. The summed E-state index contributed by atoms with van der Waals surface area (Å²) in [5, 5.41) is 2.96. The quantitative estimate of drug-likeness (QED) is 0.710. The maximum Gasteiger partial charge on any atom is 0.258 e. The molecule has 7 heteroatoms. The van der Waals surface area contributed by atoms with Crippen LogP contribution in [0.2, 0.25) is 0 Å². The van der Waals surface area contributed by atoms with E-state index in [9.17, 15) is 13.2 Å². The molecule has 2 aromatic rings. The molecule has 1 N–H and O–H groups in total. The highest BCUT2D eigenvalue weighted by Gasteiger charge is 2.16. The molecule has 1 atom stereocenters. The monoisotopic (exact) mass is 418 g/mol. The van der Waals surface area contributed by atoms with Gasteiger partial charge in [0.15, 0.2) is 6.61 Å². The first-order chi connectivity index (χ1) is 13.5. The van der Waals surface area contributed by atoms with Gasteiger partial charge in [-0.1, -0.05) is 12.1 Å². The average Bonchev–Trinajstić information content (AvgIpc) is 2.63. The van der Waals surface area contributed by atoms with E-state index >= 15 is 0 Å². The molecule has 0 fully saturated rings. The van der Waals surface area contributed by atoms with Crippen LogP contribution < -0.4 is 14.4 Å². The predicted octanol–water partition coefficient (Wildman–Crippen LogP) is 3.65. The fourth-order valence-electron chi connectivity index (χ4n) is 3.28. The molecule has 0 bridgehead atoms. The van der Waals surface area contributed by atoms with E-state index in [0.717, 1.165) is 11.1 Å². The topological polar surface area (TPSA) is 75.7 Å². The van der Waals surface area contributed by atoms with Crippen molar-refractivity contribution < 1.29 is 17.9 Å². The van der Waals surface area contributed by atoms with Crippen molar-refractivity contribution in [2.24, 2.45) is 0 Å². The van der Waals surface area contributed by atoms with Crippen LogP contribution in [0.1, 0.15) is 42.1 Å². The summed E-state index contributed by atoms with van der Waals surface area (Å²) in [5.74, 6) is 0.286. The van der Waals surface area contributed by atoms with Gasteiger partial charge in [-0.15, -0.1) is 0 Å². The van der Waals surface area contributed by atoms with Gasteiger partial charge in [0, 0.05) is 6.54 Å². The minimum absolute atomic E-state index is 0.114. The first-order valence-electron chi connectivity index (χ1n) is 9.60. The Bertz CT molecular complexity index is 969. The molecule has 0 aromatic heterocycles. The molecule has 0 saturated heterocycles. The zero-order chi connectivity index (χ0) is 21.8. The Kier molecular flexibility index (Phi) is 7.30. The molecule has 0 aliphatic carbocycles. The van der Waals surface area contributed by atoms with Gasteiger partial charge < -0.3 is 10.1 Å². The Morgan fingerprint density at radius 2 is 1.66 bits per heavy atom. The lowest BCUT2D eigenvalue weighted by Gasteiger charge is -2.20. The highest BCUT2D eigenvalue weighted by molar-refractivity contribution is 7.92. The Hall–Kier alpha value is -2.54. The number of aryl methyl sites for hydroxylation is 3. The standard InChI is InChI=1S/C22H30N2O4S/c1-7-24(29(6,26)27)19-8-10-20(11-9-19)28-14-22(25)23-18(5)21-13-16(3)15(2)12-17(21)4/h8-13,18H,7,14H2,1-6H3,(H,23,25). The number of hydrogen-bond acceptors (Lipinski definition) is 4. The van der Waals surface area contributed by atoms with E-state index in [1.807, 2.05) is 13.8 Å². The Morgan fingerprint density at radius 3 is 2.21 bits per heavy atom. The molecule has 29 heavy (non-hydrogen) atoms. The van der Waals surface area contributed by atoms with Crippen LogP contribution in [0.25, 0.3) is 0 Å². The maximum absolute atomic E-state index is 12.3. The number of nitrogens with one attached hydrogen (secondary N) is 1. The Morgan fingerprint density at radius 1 is 1.07 bits per heavy atom. The third kappa shape index (κ3) is 5.97. The van der Waals surface area contributed by atoms with Crippen LogP contribution in [0.3, 0.4) is 0 Å². The normalized spacial score (nSPS) is 12.3. The largest absolute Gasteiger partial charge is 0.484 e. The first kappa shape index (κ1) is 22.7. The molecule has 6 nitrogen and oxygen atoms in total. The molecule has 1 amide bonds. The predicted molar refractivity (Wildman–Crippen MR) is 117 cm³/mol.